The first kappa shape index (κ1) is 18.2. The minimum atomic E-state index is -0.853. The molecule has 0 bridgehead atoms. The van der Waals surface area contributed by atoms with E-state index in [0.29, 0.717) is 23.1 Å². The highest BCUT2D eigenvalue weighted by Crippen LogP contribution is 2.27. The van der Waals surface area contributed by atoms with Gasteiger partial charge in [-0.15, -0.1) is 11.8 Å². The second kappa shape index (κ2) is 7.60. The third-order valence-corrected chi connectivity index (χ3v) is 5.10. The number of carboxylic acids is 1. The third kappa shape index (κ3) is 4.22. The highest BCUT2D eigenvalue weighted by Gasteiger charge is 2.20. The van der Waals surface area contributed by atoms with Crippen LogP contribution < -0.4 is 0 Å². The van der Waals surface area contributed by atoms with Crippen molar-refractivity contribution in [1.29, 1.82) is 0 Å². The molecule has 1 N–H and O–H groups in total. The fraction of sp³-hybridized carbons (Fsp3) is 0.375. The number of aryl methyl sites for hydroxylation is 1. The van der Waals surface area contributed by atoms with Crippen molar-refractivity contribution in [2.45, 2.75) is 31.7 Å². The lowest BCUT2D eigenvalue weighted by atomic mass is 10.1. The van der Waals surface area contributed by atoms with Gasteiger partial charge < -0.3 is 9.67 Å². The van der Waals surface area contributed by atoms with Gasteiger partial charge >= 0.3 is 5.97 Å². The number of nitrogens with zero attached hydrogens (tertiary/aromatic N) is 2. The smallest absolute Gasteiger partial charge is 0.306 e. The van der Waals surface area contributed by atoms with E-state index in [0.717, 1.165) is 22.0 Å². The first-order valence-corrected chi connectivity index (χ1v) is 9.08. The predicted molar refractivity (Wildman–Crippen MR) is 94.8 cm³/mol. The molecule has 1 aromatic heterocycles. The van der Waals surface area contributed by atoms with E-state index in [4.69, 9.17) is 28.3 Å². The summed E-state index contributed by atoms with van der Waals surface area (Å²) in [5.41, 5.74) is 1.68. The fourth-order valence-electron chi connectivity index (χ4n) is 2.31. The molecule has 7 heteroatoms. The molecule has 2 rings (SSSR count). The van der Waals surface area contributed by atoms with Crippen LogP contribution in [-0.2, 0) is 17.8 Å². The SMILES string of the molecule is CSc1ccc(Cn2c(C)nc(Cl)c2CC(C)C(=O)O)c(Cl)c1. The number of carboxylic acid groups (broad SMARTS) is 1. The number of aliphatic carboxylic acids is 1. The number of carbonyl (C=O) groups is 1. The van der Waals surface area contributed by atoms with Gasteiger partial charge in [-0.2, -0.15) is 0 Å². The Hall–Kier alpha value is -1.17. The molecule has 23 heavy (non-hydrogen) atoms. The Balaban J connectivity index is 2.34. The van der Waals surface area contributed by atoms with Crippen LogP contribution in [0.5, 0.6) is 0 Å². The van der Waals surface area contributed by atoms with Crippen molar-refractivity contribution in [2.24, 2.45) is 5.92 Å². The molecule has 0 fully saturated rings. The van der Waals surface area contributed by atoms with Gasteiger partial charge in [-0.3, -0.25) is 4.79 Å². The fourth-order valence-corrected chi connectivity index (χ4v) is 3.36. The summed E-state index contributed by atoms with van der Waals surface area (Å²) in [6.07, 6.45) is 2.33. The standard InChI is InChI=1S/C16H18Cl2N2O2S/c1-9(16(21)22)6-14-15(18)19-10(2)20(14)8-11-4-5-12(23-3)7-13(11)17/h4-5,7,9H,6,8H2,1-3H3,(H,21,22). The van der Waals surface area contributed by atoms with E-state index in [-0.39, 0.29) is 0 Å². The quantitative estimate of drug-likeness (QED) is 0.756. The van der Waals surface area contributed by atoms with Crippen LogP contribution in [0.1, 0.15) is 24.0 Å². The number of hydrogen-bond donors (Lipinski definition) is 1. The third-order valence-electron chi connectivity index (χ3n) is 3.72. The van der Waals surface area contributed by atoms with Gasteiger partial charge in [0.15, 0.2) is 5.15 Å². The molecule has 124 valence electrons. The lowest BCUT2D eigenvalue weighted by Crippen LogP contribution is -2.16. The number of halogens is 2. The van der Waals surface area contributed by atoms with Crippen molar-refractivity contribution < 1.29 is 9.90 Å². The van der Waals surface area contributed by atoms with Crippen molar-refractivity contribution in [1.82, 2.24) is 9.55 Å². The minimum absolute atomic E-state index is 0.329. The van der Waals surface area contributed by atoms with Crippen LogP contribution in [-0.4, -0.2) is 26.9 Å². The molecule has 0 saturated heterocycles. The maximum absolute atomic E-state index is 11.1. The van der Waals surface area contributed by atoms with Crippen molar-refractivity contribution >= 4 is 40.9 Å². The summed E-state index contributed by atoms with van der Waals surface area (Å²) in [6.45, 7) is 4.03. The molecule has 0 saturated carbocycles. The number of benzene rings is 1. The van der Waals surface area contributed by atoms with Gasteiger partial charge in [0.05, 0.1) is 18.2 Å². The molecular weight excluding hydrogens is 355 g/mol. The maximum atomic E-state index is 11.1. The first-order valence-electron chi connectivity index (χ1n) is 7.10. The highest BCUT2D eigenvalue weighted by molar-refractivity contribution is 7.98. The highest BCUT2D eigenvalue weighted by atomic mass is 35.5. The summed E-state index contributed by atoms with van der Waals surface area (Å²) in [7, 11) is 0. The summed E-state index contributed by atoms with van der Waals surface area (Å²) < 4.78 is 1.93. The lowest BCUT2D eigenvalue weighted by molar-refractivity contribution is -0.141. The number of aromatic nitrogens is 2. The largest absolute Gasteiger partial charge is 0.481 e. The summed E-state index contributed by atoms with van der Waals surface area (Å²) in [5.74, 6) is -0.641. The lowest BCUT2D eigenvalue weighted by Gasteiger charge is -2.14. The minimum Gasteiger partial charge on any atom is -0.481 e. The van der Waals surface area contributed by atoms with Crippen molar-refractivity contribution in [3.05, 3.63) is 45.5 Å². The molecule has 0 spiro atoms. The van der Waals surface area contributed by atoms with E-state index in [1.165, 1.54) is 0 Å². The Morgan fingerprint density at radius 3 is 2.70 bits per heavy atom. The Morgan fingerprint density at radius 2 is 2.13 bits per heavy atom. The van der Waals surface area contributed by atoms with Crippen molar-refractivity contribution in [2.75, 3.05) is 6.26 Å². The Kier molecular flexibility index (Phi) is 6.00. The molecule has 1 unspecified atom stereocenters. The normalized spacial score (nSPS) is 12.4. The zero-order chi connectivity index (χ0) is 17.1. The summed E-state index contributed by atoms with van der Waals surface area (Å²) in [5, 5.41) is 10.2. The number of hydrogen-bond acceptors (Lipinski definition) is 3. The van der Waals surface area contributed by atoms with Gasteiger partial charge in [0, 0.05) is 16.3 Å². The first-order chi connectivity index (χ1) is 10.8. The molecule has 0 aliphatic rings. The van der Waals surface area contributed by atoms with Crippen LogP contribution in [0.15, 0.2) is 23.1 Å². The van der Waals surface area contributed by atoms with Crippen LogP contribution in [0.25, 0.3) is 0 Å². The summed E-state index contributed by atoms with van der Waals surface area (Å²) in [6, 6.07) is 5.92. The molecule has 0 amide bonds. The van der Waals surface area contributed by atoms with Gasteiger partial charge in [0.2, 0.25) is 0 Å². The monoisotopic (exact) mass is 372 g/mol. The second-order valence-corrected chi connectivity index (χ2v) is 7.03. The van der Waals surface area contributed by atoms with Crippen molar-refractivity contribution in [3.63, 3.8) is 0 Å². The predicted octanol–water partition coefficient (Wildman–Crippen LogP) is 4.53. The molecular formula is C16H18Cl2N2O2S. The summed E-state index contributed by atoms with van der Waals surface area (Å²) >= 11 is 14.2. The Labute approximate surface area is 149 Å². The van der Waals surface area contributed by atoms with Crippen LogP contribution in [0.4, 0.5) is 0 Å². The molecule has 0 aliphatic heterocycles. The van der Waals surface area contributed by atoms with E-state index < -0.39 is 11.9 Å². The Bertz CT molecular complexity index is 731. The average molecular weight is 373 g/mol. The van der Waals surface area contributed by atoms with Crippen LogP contribution in [0.3, 0.4) is 0 Å². The molecule has 4 nitrogen and oxygen atoms in total. The van der Waals surface area contributed by atoms with Gasteiger partial charge in [0.25, 0.3) is 0 Å². The topological polar surface area (TPSA) is 55.1 Å². The molecule has 1 atom stereocenters. The number of rotatable bonds is 6. The van der Waals surface area contributed by atoms with E-state index in [1.54, 1.807) is 18.7 Å². The Morgan fingerprint density at radius 1 is 1.43 bits per heavy atom. The van der Waals surface area contributed by atoms with Crippen molar-refractivity contribution in [3.8, 4) is 0 Å². The van der Waals surface area contributed by atoms with E-state index >= 15 is 0 Å². The van der Waals surface area contributed by atoms with Crippen LogP contribution in [0.2, 0.25) is 10.2 Å². The van der Waals surface area contributed by atoms with E-state index in [1.807, 2.05) is 35.9 Å². The average Bonchev–Trinajstić information content (AvgIpc) is 2.75. The van der Waals surface area contributed by atoms with Crippen LogP contribution >= 0.6 is 35.0 Å². The zero-order valence-electron chi connectivity index (χ0n) is 13.1. The van der Waals surface area contributed by atoms with E-state index in [2.05, 4.69) is 4.98 Å². The number of imidazole rings is 1. The maximum Gasteiger partial charge on any atom is 0.306 e. The van der Waals surface area contributed by atoms with Gasteiger partial charge in [-0.05, 0) is 30.9 Å². The zero-order valence-corrected chi connectivity index (χ0v) is 15.5. The molecule has 2 aromatic rings. The van der Waals surface area contributed by atoms with Gasteiger partial charge in [-0.25, -0.2) is 4.98 Å². The van der Waals surface area contributed by atoms with Crippen LogP contribution in [0, 0.1) is 12.8 Å². The molecule has 1 aromatic carbocycles. The van der Waals surface area contributed by atoms with Gasteiger partial charge in [0.1, 0.15) is 5.82 Å². The van der Waals surface area contributed by atoms with E-state index in [9.17, 15) is 4.79 Å². The second-order valence-electron chi connectivity index (χ2n) is 5.38. The molecule has 1 heterocycles. The molecule has 0 radical (unpaired) electrons. The number of thioether (sulfide) groups is 1. The molecule has 0 aliphatic carbocycles. The summed E-state index contributed by atoms with van der Waals surface area (Å²) in [4.78, 5) is 16.5. The van der Waals surface area contributed by atoms with Gasteiger partial charge in [-0.1, -0.05) is 36.2 Å².